The minimum Gasteiger partial charge on any atom is -0.457 e. The number of carbonyl (C=O) groups excluding carboxylic acids is 1. The van der Waals surface area contributed by atoms with E-state index in [9.17, 15) is 14.9 Å². The number of benzene rings is 2. The topological polar surface area (TPSA) is 125 Å². The van der Waals surface area contributed by atoms with Gasteiger partial charge in [0, 0.05) is 29.7 Å². The Morgan fingerprint density at radius 2 is 2.00 bits per heavy atom. The van der Waals surface area contributed by atoms with Crippen LogP contribution in [-0.4, -0.2) is 30.6 Å². The number of hydrogen-bond acceptors (Lipinski definition) is 8. The molecule has 0 saturated heterocycles. The number of anilines is 1. The molecule has 1 aliphatic heterocycles. The zero-order valence-electron chi connectivity index (χ0n) is 19.0. The summed E-state index contributed by atoms with van der Waals surface area (Å²) < 4.78 is 7.14. The number of rotatable bonds is 6. The average Bonchev–Trinajstić information content (AvgIpc) is 3.31. The van der Waals surface area contributed by atoms with Gasteiger partial charge in [0.1, 0.15) is 17.7 Å². The lowest BCUT2D eigenvalue weighted by molar-refractivity contribution is -0.384. The summed E-state index contributed by atoms with van der Waals surface area (Å²) in [6, 6.07) is 16.4. The molecule has 0 fully saturated rings. The predicted octanol–water partition coefficient (Wildman–Crippen LogP) is 4.93. The lowest BCUT2D eigenvalue weighted by Crippen LogP contribution is -2.29. The van der Waals surface area contributed by atoms with Gasteiger partial charge in [0.25, 0.3) is 5.69 Å². The minimum absolute atomic E-state index is 0.0125. The fourth-order valence-corrected chi connectivity index (χ4v) is 4.17. The molecule has 0 unspecified atom stereocenters. The summed E-state index contributed by atoms with van der Waals surface area (Å²) in [5, 5.41) is 19.3. The number of nitro benzene ring substituents is 1. The first-order valence-electron chi connectivity index (χ1n) is 10.9. The highest BCUT2D eigenvalue weighted by Gasteiger charge is 2.36. The highest BCUT2D eigenvalue weighted by molar-refractivity contribution is 6.32. The summed E-state index contributed by atoms with van der Waals surface area (Å²) in [6.07, 6.45) is 3.26. The van der Waals surface area contributed by atoms with Gasteiger partial charge >= 0.3 is 5.97 Å². The molecule has 0 amide bonds. The molecule has 2 aromatic heterocycles. The number of nitrogens with one attached hydrogen (secondary N) is 1. The number of ether oxygens (including phenoxy) is 1. The van der Waals surface area contributed by atoms with Crippen LogP contribution in [0.5, 0.6) is 0 Å². The van der Waals surface area contributed by atoms with Crippen molar-refractivity contribution in [2.45, 2.75) is 19.6 Å². The van der Waals surface area contributed by atoms with E-state index in [1.54, 1.807) is 31.5 Å². The predicted molar refractivity (Wildman–Crippen MR) is 132 cm³/mol. The summed E-state index contributed by atoms with van der Waals surface area (Å²) >= 11 is 6.06. The summed E-state index contributed by atoms with van der Waals surface area (Å²) in [5.74, 6) is 0.162. The van der Waals surface area contributed by atoms with Crippen molar-refractivity contribution in [3.05, 3.63) is 111 Å². The van der Waals surface area contributed by atoms with Crippen LogP contribution in [0.1, 0.15) is 24.1 Å². The van der Waals surface area contributed by atoms with Crippen molar-refractivity contribution < 1.29 is 14.5 Å². The molecule has 0 aliphatic carbocycles. The maximum Gasteiger partial charge on any atom is 0.338 e. The third-order valence-electron chi connectivity index (χ3n) is 5.69. The van der Waals surface area contributed by atoms with E-state index in [2.05, 4.69) is 20.4 Å². The Hall–Kier alpha value is -4.57. The van der Waals surface area contributed by atoms with Crippen LogP contribution in [0.3, 0.4) is 0 Å². The van der Waals surface area contributed by atoms with Crippen molar-refractivity contribution in [2.24, 2.45) is 0 Å². The first kappa shape index (κ1) is 23.2. The fraction of sp³-hybridized carbons (Fsp3) is 0.120. The summed E-state index contributed by atoms with van der Waals surface area (Å²) in [4.78, 5) is 33.1. The highest BCUT2D eigenvalue weighted by Crippen LogP contribution is 2.39. The largest absolute Gasteiger partial charge is 0.457 e. The van der Waals surface area contributed by atoms with E-state index in [0.29, 0.717) is 28.6 Å². The normalized spacial score (nSPS) is 14.7. The van der Waals surface area contributed by atoms with Crippen LogP contribution in [0.4, 0.5) is 11.6 Å². The molecule has 0 radical (unpaired) electrons. The lowest BCUT2D eigenvalue weighted by Gasteiger charge is -2.28. The first-order valence-corrected chi connectivity index (χ1v) is 11.3. The third-order valence-corrected chi connectivity index (χ3v) is 6.01. The van der Waals surface area contributed by atoms with E-state index in [-0.39, 0.29) is 22.9 Å². The van der Waals surface area contributed by atoms with E-state index in [1.807, 2.05) is 36.4 Å². The molecule has 11 heteroatoms. The second kappa shape index (κ2) is 9.59. The van der Waals surface area contributed by atoms with Gasteiger partial charge in [0.15, 0.2) is 5.82 Å². The van der Waals surface area contributed by atoms with E-state index in [1.165, 1.54) is 16.8 Å². The number of halogens is 1. The van der Waals surface area contributed by atoms with Gasteiger partial charge in [-0.25, -0.2) is 9.48 Å². The van der Waals surface area contributed by atoms with Gasteiger partial charge in [-0.2, -0.15) is 4.98 Å². The standard InChI is InChI=1S/C25H19ClN6O4/c1-15-21(24(33)36-14-16-6-3-2-4-7-16)22(17-9-10-19(26)20(12-17)32(34)35)31-25(28-15)29-23(30-31)18-8-5-11-27-13-18/h2-13,22H,14H2,1H3,(H,28,29,30)/t22-/m1/s1. The van der Waals surface area contributed by atoms with Gasteiger partial charge in [-0.3, -0.25) is 15.1 Å². The van der Waals surface area contributed by atoms with Crippen molar-refractivity contribution in [2.75, 3.05) is 5.32 Å². The number of aromatic nitrogens is 4. The quantitative estimate of drug-likeness (QED) is 0.223. The van der Waals surface area contributed by atoms with Crippen molar-refractivity contribution in [3.63, 3.8) is 0 Å². The van der Waals surface area contributed by atoms with Gasteiger partial charge in [0.2, 0.25) is 5.95 Å². The molecule has 0 saturated carbocycles. The van der Waals surface area contributed by atoms with Gasteiger partial charge in [-0.1, -0.05) is 48.0 Å². The molecule has 4 aromatic rings. The third kappa shape index (κ3) is 4.41. The van der Waals surface area contributed by atoms with Gasteiger partial charge in [0.05, 0.1) is 10.5 Å². The number of allylic oxidation sites excluding steroid dienone is 1. The van der Waals surface area contributed by atoms with Crippen LogP contribution in [0.2, 0.25) is 5.02 Å². The van der Waals surface area contributed by atoms with Crippen molar-refractivity contribution in [1.82, 2.24) is 19.7 Å². The summed E-state index contributed by atoms with van der Waals surface area (Å²) in [6.45, 7) is 1.79. The molecule has 36 heavy (non-hydrogen) atoms. The Labute approximate surface area is 210 Å². The second-order valence-electron chi connectivity index (χ2n) is 8.04. The number of carbonyl (C=O) groups is 1. The second-order valence-corrected chi connectivity index (χ2v) is 8.45. The minimum atomic E-state index is -0.849. The van der Waals surface area contributed by atoms with E-state index >= 15 is 0 Å². The van der Waals surface area contributed by atoms with Crippen LogP contribution in [0, 0.1) is 10.1 Å². The summed E-state index contributed by atoms with van der Waals surface area (Å²) in [7, 11) is 0. The van der Waals surface area contributed by atoms with E-state index in [4.69, 9.17) is 16.3 Å². The number of hydrogen-bond donors (Lipinski definition) is 1. The number of fused-ring (bicyclic) bond motifs is 1. The van der Waals surface area contributed by atoms with Gasteiger partial charge in [-0.05, 0) is 36.2 Å². The Morgan fingerprint density at radius 3 is 2.72 bits per heavy atom. The number of esters is 1. The Balaban J connectivity index is 1.59. The molecule has 5 rings (SSSR count). The molecular formula is C25H19ClN6O4. The van der Waals surface area contributed by atoms with Crippen LogP contribution < -0.4 is 5.32 Å². The van der Waals surface area contributed by atoms with Crippen molar-refractivity contribution in [3.8, 4) is 11.4 Å². The molecule has 0 bridgehead atoms. The van der Waals surface area contributed by atoms with Crippen LogP contribution >= 0.6 is 11.6 Å². The smallest absolute Gasteiger partial charge is 0.338 e. The molecule has 1 atom stereocenters. The SMILES string of the molecule is CC1=C(C(=O)OCc2ccccc2)[C@@H](c2ccc(Cl)c([N+](=O)[O-])c2)n2nc(-c3cccnc3)nc2N1. The molecule has 0 spiro atoms. The fourth-order valence-electron chi connectivity index (χ4n) is 3.98. The highest BCUT2D eigenvalue weighted by atomic mass is 35.5. The van der Waals surface area contributed by atoms with Crippen molar-refractivity contribution >= 4 is 29.2 Å². The number of pyridine rings is 1. The van der Waals surface area contributed by atoms with Gasteiger partial charge < -0.3 is 10.1 Å². The van der Waals surface area contributed by atoms with Crippen LogP contribution in [0.15, 0.2) is 84.3 Å². The molecule has 1 N–H and O–H groups in total. The zero-order chi connectivity index (χ0) is 25.2. The molecule has 3 heterocycles. The lowest BCUT2D eigenvalue weighted by atomic mass is 9.95. The molecule has 180 valence electrons. The Morgan fingerprint density at radius 1 is 1.19 bits per heavy atom. The Kier molecular flexibility index (Phi) is 6.17. The molecule has 1 aliphatic rings. The van der Waals surface area contributed by atoms with Crippen LogP contribution in [0.25, 0.3) is 11.4 Å². The average molecular weight is 503 g/mol. The number of nitro groups is 1. The van der Waals surface area contributed by atoms with E-state index < -0.39 is 16.9 Å². The summed E-state index contributed by atoms with van der Waals surface area (Å²) in [5.41, 5.74) is 2.39. The van der Waals surface area contributed by atoms with Crippen molar-refractivity contribution in [1.29, 1.82) is 0 Å². The van der Waals surface area contributed by atoms with Crippen LogP contribution in [-0.2, 0) is 16.1 Å². The Bertz CT molecular complexity index is 1490. The zero-order valence-corrected chi connectivity index (χ0v) is 19.7. The monoisotopic (exact) mass is 502 g/mol. The van der Waals surface area contributed by atoms with E-state index in [0.717, 1.165) is 5.56 Å². The first-order chi connectivity index (χ1) is 17.4. The maximum atomic E-state index is 13.4. The molecule has 2 aromatic carbocycles. The maximum absolute atomic E-state index is 13.4. The molecular weight excluding hydrogens is 484 g/mol. The number of nitrogens with zero attached hydrogens (tertiary/aromatic N) is 5. The van der Waals surface area contributed by atoms with Gasteiger partial charge in [-0.15, -0.1) is 5.10 Å². The molecule has 10 nitrogen and oxygen atoms in total.